The van der Waals surface area contributed by atoms with Crippen LogP contribution in [0.3, 0.4) is 0 Å². The highest BCUT2D eigenvalue weighted by Crippen LogP contribution is 2.05. The van der Waals surface area contributed by atoms with Crippen molar-refractivity contribution >= 4 is 15.9 Å². The number of H-pyrrole nitrogens is 1. The summed E-state index contributed by atoms with van der Waals surface area (Å²) in [7, 11) is 0. The molecule has 1 aromatic heterocycles. The Bertz CT molecular complexity index is 184. The Labute approximate surface area is 74.5 Å². The highest BCUT2D eigenvalue weighted by Gasteiger charge is 1.97. The van der Waals surface area contributed by atoms with Gasteiger partial charge in [-0.25, -0.2) is 4.98 Å². The fraction of sp³-hybridized carbons (Fsp3) is 0.571. The van der Waals surface area contributed by atoms with E-state index in [1.165, 1.54) is 5.69 Å². The van der Waals surface area contributed by atoms with Crippen LogP contribution in [0.4, 0.5) is 0 Å². The van der Waals surface area contributed by atoms with Gasteiger partial charge in [-0.05, 0) is 19.3 Å². The molecule has 62 valence electrons. The first-order chi connectivity index (χ1) is 5.29. The molecular weight excluding hydrogens is 206 g/mol. The molecule has 1 rings (SSSR count). The van der Waals surface area contributed by atoms with Gasteiger partial charge in [0.05, 0.1) is 11.3 Å². The zero-order valence-electron chi connectivity index (χ0n) is 6.26. The number of aryl methyl sites for hydroxylation is 1. The molecule has 0 amide bonds. The number of alkyl halides is 1. The number of hydrogen-bond donors (Lipinski definition) is 2. The molecule has 1 heterocycles. The zero-order valence-corrected chi connectivity index (χ0v) is 7.84. The summed E-state index contributed by atoms with van der Waals surface area (Å²) in [6.45, 7) is 0. The molecule has 0 spiro atoms. The number of aromatic nitrogens is 2. The maximum Gasteiger partial charge on any atom is 0.0921 e. The van der Waals surface area contributed by atoms with E-state index >= 15 is 0 Å². The summed E-state index contributed by atoms with van der Waals surface area (Å²) in [5.41, 5.74) is 6.70. The average Bonchev–Trinajstić information content (AvgIpc) is 2.39. The topological polar surface area (TPSA) is 54.7 Å². The second-order valence-electron chi connectivity index (χ2n) is 2.49. The summed E-state index contributed by atoms with van der Waals surface area (Å²) in [5, 5.41) is 0. The summed E-state index contributed by atoms with van der Waals surface area (Å²) < 4.78 is 0. The monoisotopic (exact) mass is 217 g/mol. The summed E-state index contributed by atoms with van der Waals surface area (Å²) in [5.74, 6) is 0. The molecule has 1 unspecified atom stereocenters. The van der Waals surface area contributed by atoms with E-state index in [9.17, 15) is 0 Å². The second-order valence-corrected chi connectivity index (χ2v) is 3.66. The van der Waals surface area contributed by atoms with Crippen molar-refractivity contribution in [1.29, 1.82) is 0 Å². The SMILES string of the molecule is NC(Br)CCCc1cnc[nH]1. The lowest BCUT2D eigenvalue weighted by Gasteiger charge is -2.00. The molecule has 3 nitrogen and oxygen atoms in total. The molecule has 0 bridgehead atoms. The Morgan fingerprint density at radius 1 is 1.73 bits per heavy atom. The molecule has 1 atom stereocenters. The van der Waals surface area contributed by atoms with Crippen LogP contribution in [-0.4, -0.2) is 14.9 Å². The van der Waals surface area contributed by atoms with E-state index < -0.39 is 0 Å². The standard InChI is InChI=1S/C7H12BrN3/c8-7(9)3-1-2-6-4-10-5-11-6/h4-5,7H,1-3,9H2,(H,10,11). The second kappa shape index (κ2) is 4.51. The number of rotatable bonds is 4. The van der Waals surface area contributed by atoms with E-state index in [1.807, 2.05) is 6.20 Å². The van der Waals surface area contributed by atoms with Crippen LogP contribution in [0.5, 0.6) is 0 Å². The molecule has 3 N–H and O–H groups in total. The van der Waals surface area contributed by atoms with Gasteiger partial charge >= 0.3 is 0 Å². The van der Waals surface area contributed by atoms with Gasteiger partial charge < -0.3 is 10.7 Å². The molecular formula is C7H12BrN3. The number of aromatic amines is 1. The molecule has 0 aliphatic heterocycles. The van der Waals surface area contributed by atoms with Crippen molar-refractivity contribution in [2.24, 2.45) is 5.73 Å². The van der Waals surface area contributed by atoms with Gasteiger partial charge in [-0.1, -0.05) is 15.9 Å². The molecule has 0 aromatic carbocycles. The van der Waals surface area contributed by atoms with E-state index in [1.54, 1.807) is 6.33 Å². The third-order valence-electron chi connectivity index (χ3n) is 1.48. The Balaban J connectivity index is 2.14. The van der Waals surface area contributed by atoms with Crippen molar-refractivity contribution in [3.63, 3.8) is 0 Å². The van der Waals surface area contributed by atoms with Crippen LogP contribution in [0.1, 0.15) is 18.5 Å². The molecule has 0 aliphatic carbocycles. The highest BCUT2D eigenvalue weighted by atomic mass is 79.9. The van der Waals surface area contributed by atoms with Gasteiger partial charge in [0.2, 0.25) is 0 Å². The van der Waals surface area contributed by atoms with Gasteiger partial charge in [-0.3, -0.25) is 0 Å². The van der Waals surface area contributed by atoms with E-state index in [2.05, 4.69) is 25.9 Å². The van der Waals surface area contributed by atoms with Gasteiger partial charge in [-0.15, -0.1) is 0 Å². The molecule has 0 saturated carbocycles. The first-order valence-electron chi connectivity index (χ1n) is 3.66. The zero-order chi connectivity index (χ0) is 8.10. The van der Waals surface area contributed by atoms with E-state index in [0.29, 0.717) is 0 Å². The van der Waals surface area contributed by atoms with Crippen molar-refractivity contribution in [1.82, 2.24) is 9.97 Å². The molecule has 0 aliphatic rings. The van der Waals surface area contributed by atoms with Crippen molar-refractivity contribution in [2.45, 2.75) is 24.2 Å². The van der Waals surface area contributed by atoms with Crippen molar-refractivity contribution in [2.75, 3.05) is 0 Å². The van der Waals surface area contributed by atoms with Crippen LogP contribution in [0.15, 0.2) is 12.5 Å². The van der Waals surface area contributed by atoms with Gasteiger partial charge in [0, 0.05) is 11.9 Å². The molecule has 0 saturated heterocycles. The first-order valence-corrected chi connectivity index (χ1v) is 4.57. The smallest absolute Gasteiger partial charge is 0.0921 e. The summed E-state index contributed by atoms with van der Waals surface area (Å²) in [4.78, 5) is 7.10. The lowest BCUT2D eigenvalue weighted by atomic mass is 10.2. The number of halogens is 1. The molecule has 4 heteroatoms. The van der Waals surface area contributed by atoms with Gasteiger partial charge in [0.1, 0.15) is 0 Å². The van der Waals surface area contributed by atoms with Crippen LogP contribution in [0, 0.1) is 0 Å². The van der Waals surface area contributed by atoms with Crippen LogP contribution in [0.2, 0.25) is 0 Å². The quantitative estimate of drug-likeness (QED) is 0.593. The third-order valence-corrected chi connectivity index (χ3v) is 1.94. The lowest BCUT2D eigenvalue weighted by molar-refractivity contribution is 0.713. The Morgan fingerprint density at radius 3 is 3.09 bits per heavy atom. The van der Waals surface area contributed by atoms with E-state index in [-0.39, 0.29) is 4.95 Å². The van der Waals surface area contributed by atoms with Crippen molar-refractivity contribution in [3.8, 4) is 0 Å². The number of nitrogens with one attached hydrogen (secondary N) is 1. The maximum atomic E-state index is 5.52. The normalized spacial score (nSPS) is 13.3. The number of nitrogens with zero attached hydrogens (tertiary/aromatic N) is 1. The summed E-state index contributed by atoms with van der Waals surface area (Å²) >= 11 is 3.29. The fourth-order valence-corrected chi connectivity index (χ4v) is 1.23. The van der Waals surface area contributed by atoms with Crippen LogP contribution in [-0.2, 0) is 6.42 Å². The van der Waals surface area contributed by atoms with Crippen LogP contribution >= 0.6 is 15.9 Å². The first kappa shape index (κ1) is 8.74. The molecule has 0 fully saturated rings. The van der Waals surface area contributed by atoms with Crippen molar-refractivity contribution in [3.05, 3.63) is 18.2 Å². The number of imidazole rings is 1. The maximum absolute atomic E-state index is 5.52. The largest absolute Gasteiger partial charge is 0.348 e. The fourth-order valence-electron chi connectivity index (χ4n) is 0.909. The van der Waals surface area contributed by atoms with Gasteiger partial charge in [0.25, 0.3) is 0 Å². The Morgan fingerprint density at radius 2 is 2.55 bits per heavy atom. The van der Waals surface area contributed by atoms with Crippen molar-refractivity contribution < 1.29 is 0 Å². The minimum absolute atomic E-state index is 0.130. The predicted molar refractivity (Wildman–Crippen MR) is 48.4 cm³/mol. The van der Waals surface area contributed by atoms with Gasteiger partial charge in [0.15, 0.2) is 0 Å². The number of hydrogen-bond acceptors (Lipinski definition) is 2. The van der Waals surface area contributed by atoms with E-state index in [4.69, 9.17) is 5.73 Å². The Kier molecular flexibility index (Phi) is 3.59. The molecule has 1 aromatic rings. The Hall–Kier alpha value is -0.350. The lowest BCUT2D eigenvalue weighted by Crippen LogP contribution is -2.10. The van der Waals surface area contributed by atoms with Gasteiger partial charge in [-0.2, -0.15) is 0 Å². The predicted octanol–water partition coefficient (Wildman–Crippen LogP) is 1.41. The average molecular weight is 218 g/mol. The van der Waals surface area contributed by atoms with Crippen LogP contribution in [0.25, 0.3) is 0 Å². The molecule has 11 heavy (non-hydrogen) atoms. The summed E-state index contributed by atoms with van der Waals surface area (Å²) in [6.07, 6.45) is 6.66. The third kappa shape index (κ3) is 3.53. The van der Waals surface area contributed by atoms with E-state index in [0.717, 1.165) is 19.3 Å². The summed E-state index contributed by atoms with van der Waals surface area (Å²) in [6, 6.07) is 0. The van der Waals surface area contributed by atoms with Crippen LogP contribution < -0.4 is 5.73 Å². The minimum Gasteiger partial charge on any atom is -0.348 e. The minimum atomic E-state index is 0.130. The number of nitrogens with two attached hydrogens (primary N) is 1. The highest BCUT2D eigenvalue weighted by molar-refractivity contribution is 9.09. The molecule has 0 radical (unpaired) electrons.